The third-order valence-corrected chi connectivity index (χ3v) is 5.04. The number of carbonyl (C=O) groups is 3. The molecule has 148 valence electrons. The van der Waals surface area contributed by atoms with E-state index in [0.717, 1.165) is 11.1 Å². The third-order valence-electron chi connectivity index (χ3n) is 5.04. The van der Waals surface area contributed by atoms with E-state index >= 15 is 0 Å². The van der Waals surface area contributed by atoms with Crippen molar-refractivity contribution in [3.8, 4) is 0 Å². The Hall–Kier alpha value is -3.09. The van der Waals surface area contributed by atoms with Crippen molar-refractivity contribution in [3.05, 3.63) is 59.0 Å². The standard InChI is InChI=1S/C21H25N3O4/c1-14-5-3-4-6-17(14)20(26)22-13-18(25)24-10-7-16(8-11-24)23-21(27)19-15(2)9-12-28-19/h3-6,9,12,16H,7-8,10-11,13H2,1-2H3,(H,22,26)(H,23,27). The Morgan fingerprint density at radius 2 is 1.75 bits per heavy atom. The molecule has 0 atom stereocenters. The minimum Gasteiger partial charge on any atom is -0.459 e. The maximum absolute atomic E-state index is 12.4. The molecular formula is C21H25N3O4. The van der Waals surface area contributed by atoms with Gasteiger partial charge in [-0.1, -0.05) is 18.2 Å². The summed E-state index contributed by atoms with van der Waals surface area (Å²) >= 11 is 0. The summed E-state index contributed by atoms with van der Waals surface area (Å²) in [5.74, 6) is -0.258. The summed E-state index contributed by atoms with van der Waals surface area (Å²) in [6, 6.07) is 9.02. The van der Waals surface area contributed by atoms with Crippen LogP contribution in [0.5, 0.6) is 0 Å². The van der Waals surface area contributed by atoms with Gasteiger partial charge in [0.25, 0.3) is 11.8 Å². The lowest BCUT2D eigenvalue weighted by molar-refractivity contribution is -0.131. The molecule has 2 aromatic rings. The van der Waals surface area contributed by atoms with Gasteiger partial charge in [0.15, 0.2) is 5.76 Å². The first-order chi connectivity index (χ1) is 13.5. The molecule has 0 saturated carbocycles. The fourth-order valence-electron chi connectivity index (χ4n) is 3.32. The molecule has 0 radical (unpaired) electrons. The summed E-state index contributed by atoms with van der Waals surface area (Å²) in [5.41, 5.74) is 2.25. The second kappa shape index (κ2) is 8.73. The normalized spacial score (nSPS) is 14.6. The van der Waals surface area contributed by atoms with Crippen molar-refractivity contribution < 1.29 is 18.8 Å². The van der Waals surface area contributed by atoms with Crippen LogP contribution in [0.1, 0.15) is 44.9 Å². The Labute approximate surface area is 164 Å². The van der Waals surface area contributed by atoms with E-state index in [2.05, 4.69) is 10.6 Å². The van der Waals surface area contributed by atoms with Crippen molar-refractivity contribution in [1.29, 1.82) is 0 Å². The molecule has 3 amide bonds. The number of nitrogens with one attached hydrogen (secondary N) is 2. The van der Waals surface area contributed by atoms with Crippen LogP contribution >= 0.6 is 0 Å². The number of furan rings is 1. The van der Waals surface area contributed by atoms with E-state index in [1.807, 2.05) is 26.0 Å². The minimum absolute atomic E-state index is 0.00242. The maximum Gasteiger partial charge on any atom is 0.287 e. The zero-order chi connectivity index (χ0) is 20.1. The Kier molecular flexibility index (Phi) is 6.13. The maximum atomic E-state index is 12.4. The molecule has 1 aromatic carbocycles. The van der Waals surface area contributed by atoms with Gasteiger partial charge in [-0.2, -0.15) is 0 Å². The van der Waals surface area contributed by atoms with E-state index in [1.54, 1.807) is 23.1 Å². The van der Waals surface area contributed by atoms with Gasteiger partial charge < -0.3 is 20.0 Å². The van der Waals surface area contributed by atoms with E-state index in [-0.39, 0.29) is 30.3 Å². The number of piperidine rings is 1. The van der Waals surface area contributed by atoms with Crippen LogP contribution in [0.2, 0.25) is 0 Å². The fraction of sp³-hybridized carbons (Fsp3) is 0.381. The molecule has 2 N–H and O–H groups in total. The lowest BCUT2D eigenvalue weighted by atomic mass is 10.0. The molecule has 1 aliphatic rings. The second-order valence-corrected chi connectivity index (χ2v) is 7.06. The lowest BCUT2D eigenvalue weighted by Gasteiger charge is -2.32. The zero-order valence-electron chi connectivity index (χ0n) is 16.2. The average molecular weight is 383 g/mol. The van der Waals surface area contributed by atoms with Crippen LogP contribution in [0.3, 0.4) is 0 Å². The minimum atomic E-state index is -0.248. The topological polar surface area (TPSA) is 91.7 Å². The van der Waals surface area contributed by atoms with Gasteiger partial charge >= 0.3 is 0 Å². The zero-order valence-corrected chi connectivity index (χ0v) is 16.2. The molecule has 0 spiro atoms. The Balaban J connectivity index is 1.44. The van der Waals surface area contributed by atoms with Crippen LogP contribution in [0.4, 0.5) is 0 Å². The molecule has 28 heavy (non-hydrogen) atoms. The second-order valence-electron chi connectivity index (χ2n) is 7.06. The molecule has 0 aliphatic carbocycles. The number of amides is 3. The summed E-state index contributed by atoms with van der Waals surface area (Å²) in [7, 11) is 0. The molecule has 7 nitrogen and oxygen atoms in total. The van der Waals surface area contributed by atoms with Crippen molar-refractivity contribution in [2.45, 2.75) is 32.7 Å². The van der Waals surface area contributed by atoms with E-state index < -0.39 is 0 Å². The highest BCUT2D eigenvalue weighted by atomic mass is 16.3. The highest BCUT2D eigenvalue weighted by Crippen LogP contribution is 2.14. The summed E-state index contributed by atoms with van der Waals surface area (Å²) < 4.78 is 5.21. The number of aryl methyl sites for hydroxylation is 2. The van der Waals surface area contributed by atoms with Crippen molar-refractivity contribution in [1.82, 2.24) is 15.5 Å². The van der Waals surface area contributed by atoms with Gasteiger partial charge in [0.05, 0.1) is 12.8 Å². The molecule has 1 aromatic heterocycles. The van der Waals surface area contributed by atoms with E-state index in [9.17, 15) is 14.4 Å². The summed E-state index contributed by atoms with van der Waals surface area (Å²) in [6.07, 6.45) is 2.84. The molecule has 0 bridgehead atoms. The molecule has 1 fully saturated rings. The SMILES string of the molecule is Cc1ccccc1C(=O)NCC(=O)N1CCC(NC(=O)c2occc2C)CC1. The predicted octanol–water partition coefficient (Wildman–Crippen LogP) is 2.05. The quantitative estimate of drug-likeness (QED) is 0.827. The van der Waals surface area contributed by atoms with Crippen LogP contribution in [0, 0.1) is 13.8 Å². The molecule has 3 rings (SSSR count). The number of nitrogens with zero attached hydrogens (tertiary/aromatic N) is 1. The van der Waals surface area contributed by atoms with Gasteiger partial charge in [0.2, 0.25) is 5.91 Å². The van der Waals surface area contributed by atoms with Gasteiger partial charge in [0.1, 0.15) is 0 Å². The predicted molar refractivity (Wildman–Crippen MR) is 104 cm³/mol. The van der Waals surface area contributed by atoms with Crippen LogP contribution in [-0.4, -0.2) is 48.3 Å². The van der Waals surface area contributed by atoms with E-state index in [0.29, 0.717) is 37.3 Å². The Bertz CT molecular complexity index is 866. The van der Waals surface area contributed by atoms with Crippen LogP contribution in [0.15, 0.2) is 41.0 Å². The Morgan fingerprint density at radius 3 is 2.39 bits per heavy atom. The molecule has 1 aliphatic heterocycles. The van der Waals surface area contributed by atoms with Gasteiger partial charge in [-0.05, 0) is 44.4 Å². The largest absolute Gasteiger partial charge is 0.459 e. The van der Waals surface area contributed by atoms with Crippen molar-refractivity contribution >= 4 is 17.7 Å². The molecule has 0 unspecified atom stereocenters. The first-order valence-electron chi connectivity index (χ1n) is 9.42. The monoisotopic (exact) mass is 383 g/mol. The van der Waals surface area contributed by atoms with Crippen LogP contribution in [0.25, 0.3) is 0 Å². The number of hydrogen-bond acceptors (Lipinski definition) is 4. The number of rotatable bonds is 5. The van der Waals surface area contributed by atoms with Crippen LogP contribution in [-0.2, 0) is 4.79 Å². The molecular weight excluding hydrogens is 358 g/mol. The van der Waals surface area contributed by atoms with Gasteiger partial charge in [-0.15, -0.1) is 0 Å². The molecule has 7 heteroatoms. The third kappa shape index (κ3) is 4.60. The highest BCUT2D eigenvalue weighted by molar-refractivity contribution is 5.97. The fourth-order valence-corrected chi connectivity index (χ4v) is 3.32. The average Bonchev–Trinajstić information content (AvgIpc) is 3.13. The van der Waals surface area contributed by atoms with E-state index in [4.69, 9.17) is 4.42 Å². The van der Waals surface area contributed by atoms with Gasteiger partial charge in [-0.25, -0.2) is 0 Å². The highest BCUT2D eigenvalue weighted by Gasteiger charge is 2.25. The molecule has 1 saturated heterocycles. The van der Waals surface area contributed by atoms with Crippen molar-refractivity contribution in [2.75, 3.05) is 19.6 Å². The van der Waals surface area contributed by atoms with Crippen molar-refractivity contribution in [2.24, 2.45) is 0 Å². The van der Waals surface area contributed by atoms with Gasteiger partial charge in [0, 0.05) is 30.3 Å². The van der Waals surface area contributed by atoms with E-state index in [1.165, 1.54) is 6.26 Å². The lowest BCUT2D eigenvalue weighted by Crippen LogP contribution is -2.49. The number of benzene rings is 1. The summed E-state index contributed by atoms with van der Waals surface area (Å²) in [5, 5.41) is 5.65. The number of carbonyl (C=O) groups excluding carboxylic acids is 3. The van der Waals surface area contributed by atoms with Crippen molar-refractivity contribution in [3.63, 3.8) is 0 Å². The number of hydrogen-bond donors (Lipinski definition) is 2. The van der Waals surface area contributed by atoms with Crippen LogP contribution < -0.4 is 10.6 Å². The first-order valence-corrected chi connectivity index (χ1v) is 9.42. The summed E-state index contributed by atoms with van der Waals surface area (Å²) in [4.78, 5) is 38.6. The first kappa shape index (κ1) is 19.7. The molecule has 2 heterocycles. The number of likely N-dealkylation sites (tertiary alicyclic amines) is 1. The van der Waals surface area contributed by atoms with Gasteiger partial charge in [-0.3, -0.25) is 14.4 Å². The summed E-state index contributed by atoms with van der Waals surface area (Å²) in [6.45, 7) is 4.74. The Morgan fingerprint density at radius 1 is 1.04 bits per heavy atom. The smallest absolute Gasteiger partial charge is 0.287 e.